The Labute approximate surface area is 125 Å². The summed E-state index contributed by atoms with van der Waals surface area (Å²) in [6.45, 7) is 5.96. The van der Waals surface area contributed by atoms with Gasteiger partial charge in [-0.2, -0.15) is 0 Å². The topological polar surface area (TPSA) is 75.6 Å². The van der Waals surface area contributed by atoms with Crippen LogP contribution in [0.25, 0.3) is 0 Å². The first-order chi connectivity index (χ1) is 9.92. The van der Waals surface area contributed by atoms with Gasteiger partial charge in [0.05, 0.1) is 0 Å². The van der Waals surface area contributed by atoms with E-state index in [1.165, 1.54) is 0 Å². The SMILES string of the molecule is CCC(CC(=O)Nc1ccc(OCC(=O)O)cc1)C(C)C. The fourth-order valence-corrected chi connectivity index (χ4v) is 2.08. The number of carboxylic acid groups (broad SMARTS) is 1. The van der Waals surface area contributed by atoms with Gasteiger partial charge >= 0.3 is 5.97 Å². The summed E-state index contributed by atoms with van der Waals surface area (Å²) in [6, 6.07) is 6.67. The number of ether oxygens (including phenoxy) is 1. The van der Waals surface area contributed by atoms with Crippen molar-refractivity contribution >= 4 is 17.6 Å². The van der Waals surface area contributed by atoms with Crippen LogP contribution in [0, 0.1) is 11.8 Å². The van der Waals surface area contributed by atoms with Gasteiger partial charge < -0.3 is 15.2 Å². The maximum atomic E-state index is 12.0. The lowest BCUT2D eigenvalue weighted by atomic mass is 9.90. The summed E-state index contributed by atoms with van der Waals surface area (Å²) >= 11 is 0. The molecule has 1 aromatic rings. The van der Waals surface area contributed by atoms with Crippen LogP contribution in [0.1, 0.15) is 33.6 Å². The zero-order valence-corrected chi connectivity index (χ0v) is 12.8. The van der Waals surface area contributed by atoms with Crippen molar-refractivity contribution in [1.29, 1.82) is 0 Å². The molecule has 116 valence electrons. The molecule has 0 aliphatic carbocycles. The van der Waals surface area contributed by atoms with Crippen LogP contribution >= 0.6 is 0 Å². The minimum absolute atomic E-state index is 0.00486. The fraction of sp³-hybridized carbons (Fsp3) is 0.500. The van der Waals surface area contributed by atoms with Crippen LogP contribution in [-0.2, 0) is 9.59 Å². The number of hydrogen-bond acceptors (Lipinski definition) is 3. The zero-order chi connectivity index (χ0) is 15.8. The first kappa shape index (κ1) is 17.0. The molecule has 5 nitrogen and oxygen atoms in total. The molecule has 1 unspecified atom stereocenters. The normalized spacial score (nSPS) is 12.0. The molecule has 0 heterocycles. The smallest absolute Gasteiger partial charge is 0.341 e. The summed E-state index contributed by atoms with van der Waals surface area (Å²) in [7, 11) is 0. The number of anilines is 1. The summed E-state index contributed by atoms with van der Waals surface area (Å²) < 4.78 is 5.03. The van der Waals surface area contributed by atoms with Crippen LogP contribution in [-0.4, -0.2) is 23.6 Å². The van der Waals surface area contributed by atoms with Gasteiger partial charge in [-0.1, -0.05) is 27.2 Å². The molecule has 1 amide bonds. The molecule has 0 saturated carbocycles. The molecule has 0 aliphatic heterocycles. The van der Waals surface area contributed by atoms with Crippen molar-refractivity contribution in [3.05, 3.63) is 24.3 Å². The van der Waals surface area contributed by atoms with Crippen molar-refractivity contribution in [2.45, 2.75) is 33.6 Å². The number of carbonyl (C=O) groups is 2. The van der Waals surface area contributed by atoms with Gasteiger partial charge in [0.15, 0.2) is 6.61 Å². The van der Waals surface area contributed by atoms with Crippen LogP contribution in [0.2, 0.25) is 0 Å². The Kier molecular flexibility index (Phi) is 6.72. The molecule has 0 saturated heterocycles. The third-order valence-electron chi connectivity index (χ3n) is 3.42. The van der Waals surface area contributed by atoms with Gasteiger partial charge in [-0.15, -0.1) is 0 Å². The highest BCUT2D eigenvalue weighted by Gasteiger charge is 2.15. The van der Waals surface area contributed by atoms with E-state index in [2.05, 4.69) is 26.1 Å². The van der Waals surface area contributed by atoms with Crippen LogP contribution < -0.4 is 10.1 Å². The second-order valence-corrected chi connectivity index (χ2v) is 5.37. The molecule has 5 heteroatoms. The van der Waals surface area contributed by atoms with E-state index in [0.29, 0.717) is 29.7 Å². The van der Waals surface area contributed by atoms with E-state index in [1.807, 2.05) is 0 Å². The molecule has 1 aromatic carbocycles. The summed E-state index contributed by atoms with van der Waals surface area (Å²) in [5.41, 5.74) is 0.682. The van der Waals surface area contributed by atoms with Gasteiger partial charge in [0.2, 0.25) is 5.91 Å². The molecular formula is C16H23NO4. The summed E-state index contributed by atoms with van der Waals surface area (Å²) in [4.78, 5) is 22.4. The van der Waals surface area contributed by atoms with Gasteiger partial charge in [-0.25, -0.2) is 4.79 Å². The van der Waals surface area contributed by atoms with Crippen LogP contribution in [0.3, 0.4) is 0 Å². The Bertz CT molecular complexity index is 468. The van der Waals surface area contributed by atoms with Gasteiger partial charge in [0, 0.05) is 12.1 Å². The Morgan fingerprint density at radius 3 is 2.33 bits per heavy atom. The summed E-state index contributed by atoms with van der Waals surface area (Å²) in [5, 5.41) is 11.4. The van der Waals surface area contributed by atoms with Crippen molar-refractivity contribution in [2.75, 3.05) is 11.9 Å². The first-order valence-electron chi connectivity index (χ1n) is 7.16. The maximum Gasteiger partial charge on any atom is 0.341 e. The monoisotopic (exact) mass is 293 g/mol. The largest absolute Gasteiger partial charge is 0.482 e. The lowest BCUT2D eigenvalue weighted by Crippen LogP contribution is -2.19. The third kappa shape index (κ3) is 6.29. The Hall–Kier alpha value is -2.04. The number of carboxylic acids is 1. The zero-order valence-electron chi connectivity index (χ0n) is 12.8. The van der Waals surface area contributed by atoms with Crippen molar-refractivity contribution in [2.24, 2.45) is 11.8 Å². The minimum Gasteiger partial charge on any atom is -0.482 e. The van der Waals surface area contributed by atoms with Crippen molar-refractivity contribution in [3.63, 3.8) is 0 Å². The predicted octanol–water partition coefficient (Wildman–Crippen LogP) is 3.16. The molecule has 0 aliphatic rings. The maximum absolute atomic E-state index is 12.0. The quantitative estimate of drug-likeness (QED) is 0.772. The van der Waals surface area contributed by atoms with Crippen LogP contribution in [0.5, 0.6) is 5.75 Å². The number of amides is 1. The fourth-order valence-electron chi connectivity index (χ4n) is 2.08. The van der Waals surface area contributed by atoms with E-state index in [9.17, 15) is 9.59 Å². The van der Waals surface area contributed by atoms with Crippen molar-refractivity contribution in [1.82, 2.24) is 0 Å². The Morgan fingerprint density at radius 1 is 1.24 bits per heavy atom. The van der Waals surface area contributed by atoms with E-state index in [4.69, 9.17) is 9.84 Å². The van der Waals surface area contributed by atoms with Gasteiger partial charge in [0.25, 0.3) is 0 Å². The van der Waals surface area contributed by atoms with Gasteiger partial charge in [-0.3, -0.25) is 4.79 Å². The number of hydrogen-bond donors (Lipinski definition) is 2. The average Bonchev–Trinajstić information content (AvgIpc) is 2.43. The Morgan fingerprint density at radius 2 is 1.86 bits per heavy atom. The molecule has 2 N–H and O–H groups in total. The highest BCUT2D eigenvalue weighted by atomic mass is 16.5. The number of carbonyl (C=O) groups excluding carboxylic acids is 1. The van der Waals surface area contributed by atoms with Crippen LogP contribution in [0.15, 0.2) is 24.3 Å². The van der Waals surface area contributed by atoms with E-state index >= 15 is 0 Å². The standard InChI is InChI=1S/C16H23NO4/c1-4-12(11(2)3)9-15(18)17-13-5-7-14(8-6-13)21-10-16(19)20/h5-8,11-12H,4,9-10H2,1-3H3,(H,17,18)(H,19,20). The summed E-state index contributed by atoms with van der Waals surface area (Å²) in [6.07, 6.45) is 1.48. The molecule has 0 bridgehead atoms. The molecule has 0 fully saturated rings. The molecule has 0 radical (unpaired) electrons. The molecular weight excluding hydrogens is 270 g/mol. The van der Waals surface area contributed by atoms with Gasteiger partial charge in [0.1, 0.15) is 5.75 Å². The van der Waals surface area contributed by atoms with E-state index in [1.54, 1.807) is 24.3 Å². The number of rotatable bonds is 8. The first-order valence-corrected chi connectivity index (χ1v) is 7.16. The average molecular weight is 293 g/mol. The highest BCUT2D eigenvalue weighted by Crippen LogP contribution is 2.20. The lowest BCUT2D eigenvalue weighted by molar-refractivity contribution is -0.139. The molecule has 21 heavy (non-hydrogen) atoms. The van der Waals surface area contributed by atoms with E-state index in [0.717, 1.165) is 6.42 Å². The molecule has 0 spiro atoms. The van der Waals surface area contributed by atoms with Crippen LogP contribution in [0.4, 0.5) is 5.69 Å². The van der Waals surface area contributed by atoms with E-state index in [-0.39, 0.29) is 12.5 Å². The number of aliphatic carboxylic acids is 1. The van der Waals surface area contributed by atoms with Gasteiger partial charge in [-0.05, 0) is 36.1 Å². The highest BCUT2D eigenvalue weighted by molar-refractivity contribution is 5.90. The van der Waals surface area contributed by atoms with E-state index < -0.39 is 5.97 Å². The number of benzene rings is 1. The lowest BCUT2D eigenvalue weighted by Gasteiger charge is -2.18. The third-order valence-corrected chi connectivity index (χ3v) is 3.42. The molecule has 0 aromatic heterocycles. The van der Waals surface area contributed by atoms with Crippen molar-refractivity contribution < 1.29 is 19.4 Å². The minimum atomic E-state index is -1.02. The molecule has 1 atom stereocenters. The second kappa shape index (κ2) is 8.29. The molecule has 1 rings (SSSR count). The van der Waals surface area contributed by atoms with Crippen molar-refractivity contribution in [3.8, 4) is 5.75 Å². The number of nitrogens with one attached hydrogen (secondary N) is 1. The Balaban J connectivity index is 2.51. The second-order valence-electron chi connectivity index (χ2n) is 5.37. The summed E-state index contributed by atoms with van der Waals surface area (Å²) in [5.74, 6) is 0.293. The predicted molar refractivity (Wildman–Crippen MR) is 81.4 cm³/mol.